The first-order valence-corrected chi connectivity index (χ1v) is 23.7. The van der Waals surface area contributed by atoms with Gasteiger partial charge in [0.05, 0.1) is 6.04 Å². The van der Waals surface area contributed by atoms with Crippen LogP contribution < -0.4 is 4.90 Å². The van der Waals surface area contributed by atoms with Crippen molar-refractivity contribution in [3.63, 3.8) is 0 Å². The molecule has 11 aromatic carbocycles. The molecule has 0 saturated carbocycles. The van der Waals surface area contributed by atoms with Crippen LogP contribution in [0.2, 0.25) is 0 Å². The van der Waals surface area contributed by atoms with Gasteiger partial charge < -0.3 is 9.47 Å². The van der Waals surface area contributed by atoms with Crippen LogP contribution in [0.25, 0.3) is 93.1 Å². The molecule has 1 aliphatic carbocycles. The van der Waals surface area contributed by atoms with Crippen LogP contribution >= 0.6 is 0 Å². The average molecular weight is 867 g/mol. The smallest absolute Gasteiger partial charge is 0.0632 e. The van der Waals surface area contributed by atoms with Gasteiger partial charge in [0.1, 0.15) is 0 Å². The third-order valence-corrected chi connectivity index (χ3v) is 14.1. The molecule has 0 bridgehead atoms. The molecule has 0 spiro atoms. The van der Waals surface area contributed by atoms with Gasteiger partial charge in [-0.25, -0.2) is 0 Å². The maximum Gasteiger partial charge on any atom is 0.0632 e. The minimum absolute atomic E-state index is 0.0735. The van der Waals surface area contributed by atoms with E-state index in [1.54, 1.807) is 0 Å². The lowest BCUT2D eigenvalue weighted by atomic mass is 9.84. The van der Waals surface area contributed by atoms with Crippen molar-refractivity contribution in [3.05, 3.63) is 266 Å². The summed E-state index contributed by atoms with van der Waals surface area (Å²) in [4.78, 5) is 2.43. The molecule has 1 unspecified atom stereocenters. The maximum atomic E-state index is 2.59. The van der Waals surface area contributed by atoms with Crippen LogP contribution in [0, 0.1) is 0 Å². The summed E-state index contributed by atoms with van der Waals surface area (Å²) < 4.78 is 2.59. The lowest BCUT2D eigenvalue weighted by Crippen LogP contribution is -2.14. The fourth-order valence-electron chi connectivity index (χ4n) is 11.0. The van der Waals surface area contributed by atoms with Crippen molar-refractivity contribution in [2.24, 2.45) is 0 Å². The third-order valence-electron chi connectivity index (χ3n) is 14.1. The highest BCUT2D eigenvalue weighted by Crippen LogP contribution is 2.48. The zero-order valence-electron chi connectivity index (χ0n) is 37.5. The third kappa shape index (κ3) is 6.72. The number of anilines is 3. The molecule has 320 valence electrons. The number of hydrogen-bond donors (Lipinski definition) is 0. The van der Waals surface area contributed by atoms with E-state index in [-0.39, 0.29) is 6.04 Å². The zero-order valence-corrected chi connectivity index (χ0v) is 37.5. The Balaban J connectivity index is 1.04. The number of allylic oxidation sites excluding steroid dienone is 4. The number of rotatable bonds is 8. The minimum atomic E-state index is 0.0735. The van der Waals surface area contributed by atoms with Crippen LogP contribution in [0.5, 0.6) is 0 Å². The molecule has 13 rings (SSSR count). The molecule has 0 N–H and O–H groups in total. The minimum Gasteiger partial charge on any atom is -0.332 e. The SMILES string of the molecule is C1=CCC(n2c3ccccc3c3ccccc32)C(c2ccc(N(c3ccc(-c4ccccc4)cc3)c3ccc(-c4cccc5ccccc45)cc3)cc2-c2cc3ccccc3c3ccccc23)=C1. The van der Waals surface area contributed by atoms with Gasteiger partial charge in [-0.15, -0.1) is 0 Å². The zero-order chi connectivity index (χ0) is 45.0. The highest BCUT2D eigenvalue weighted by Gasteiger charge is 2.27. The molecule has 0 fully saturated rings. The maximum absolute atomic E-state index is 2.59. The van der Waals surface area contributed by atoms with Crippen LogP contribution in [0.1, 0.15) is 18.0 Å². The molecule has 0 aliphatic heterocycles. The van der Waals surface area contributed by atoms with E-state index in [1.807, 2.05) is 0 Å². The van der Waals surface area contributed by atoms with E-state index in [0.29, 0.717) is 0 Å². The molecule has 0 saturated heterocycles. The Morgan fingerprint density at radius 1 is 0.338 bits per heavy atom. The van der Waals surface area contributed by atoms with Crippen LogP contribution in [-0.4, -0.2) is 4.57 Å². The second-order valence-electron chi connectivity index (χ2n) is 17.9. The summed E-state index contributed by atoms with van der Waals surface area (Å²) in [7, 11) is 0. The van der Waals surface area contributed by atoms with Crippen LogP contribution in [0.4, 0.5) is 17.1 Å². The topological polar surface area (TPSA) is 8.17 Å². The quantitative estimate of drug-likeness (QED) is 0.138. The molecule has 1 heterocycles. The van der Waals surface area contributed by atoms with E-state index in [0.717, 1.165) is 23.5 Å². The Morgan fingerprint density at radius 3 is 1.60 bits per heavy atom. The predicted octanol–water partition coefficient (Wildman–Crippen LogP) is 18.3. The standard InChI is InChI=1S/C66H46N2/c1-2-17-45(18-3-1)46-33-37-50(38-34-46)67(51-39-35-48(36-40-51)54-29-16-21-47-19-4-6-22-53(47)54)52-41-42-58(63(44-52)62-43-49-20-5-7-23-55(49)56-24-8-9-25-57(56)62)59-26-10-13-30-64(59)68-65-31-14-11-27-60(65)61-28-12-15-32-66(61)68/h1-29,31-44,64H,30H2. The Morgan fingerprint density at radius 2 is 0.882 bits per heavy atom. The Labute approximate surface area is 396 Å². The van der Waals surface area contributed by atoms with Crippen molar-refractivity contribution in [2.45, 2.75) is 12.5 Å². The Hall–Kier alpha value is -8.72. The molecule has 2 heteroatoms. The van der Waals surface area contributed by atoms with Gasteiger partial charge in [-0.1, -0.05) is 206 Å². The van der Waals surface area contributed by atoms with Crippen LogP contribution in [0.15, 0.2) is 261 Å². The summed E-state index contributed by atoms with van der Waals surface area (Å²) in [6, 6.07) is 89.4. The van der Waals surface area contributed by atoms with Gasteiger partial charge in [0.15, 0.2) is 0 Å². The first-order chi connectivity index (χ1) is 33.7. The first kappa shape index (κ1) is 39.6. The van der Waals surface area contributed by atoms with Gasteiger partial charge in [0.2, 0.25) is 0 Å². The molecule has 12 aromatic rings. The van der Waals surface area contributed by atoms with Crippen molar-refractivity contribution >= 4 is 76.8 Å². The fraction of sp³-hybridized carbons (Fsp3) is 0.0303. The first-order valence-electron chi connectivity index (χ1n) is 23.7. The summed E-state index contributed by atoms with van der Waals surface area (Å²) >= 11 is 0. The van der Waals surface area contributed by atoms with Gasteiger partial charge in [0, 0.05) is 38.9 Å². The second kappa shape index (κ2) is 16.6. The van der Waals surface area contributed by atoms with E-state index in [4.69, 9.17) is 0 Å². The normalized spacial score (nSPS) is 13.7. The summed E-state index contributed by atoms with van der Waals surface area (Å²) in [5, 5.41) is 10.1. The predicted molar refractivity (Wildman–Crippen MR) is 290 cm³/mol. The lowest BCUT2D eigenvalue weighted by molar-refractivity contribution is 0.666. The fourth-order valence-corrected chi connectivity index (χ4v) is 11.0. The van der Waals surface area contributed by atoms with E-state index < -0.39 is 0 Å². The Kier molecular flexibility index (Phi) is 9.68. The molecule has 2 nitrogen and oxygen atoms in total. The van der Waals surface area contributed by atoms with Crippen LogP contribution in [0.3, 0.4) is 0 Å². The molecule has 68 heavy (non-hydrogen) atoms. The molecule has 0 amide bonds. The summed E-state index contributed by atoms with van der Waals surface area (Å²) in [5.41, 5.74) is 15.6. The molecule has 1 atom stereocenters. The van der Waals surface area contributed by atoms with Crippen molar-refractivity contribution in [3.8, 4) is 33.4 Å². The molecule has 1 aromatic heterocycles. The number of nitrogens with zero attached hydrogens (tertiary/aromatic N) is 2. The van der Waals surface area contributed by atoms with Gasteiger partial charge >= 0.3 is 0 Å². The van der Waals surface area contributed by atoms with Crippen molar-refractivity contribution < 1.29 is 0 Å². The van der Waals surface area contributed by atoms with E-state index in [9.17, 15) is 0 Å². The van der Waals surface area contributed by atoms with E-state index >= 15 is 0 Å². The number of benzene rings is 11. The molecular weight excluding hydrogens is 821 g/mol. The number of hydrogen-bond acceptors (Lipinski definition) is 1. The van der Waals surface area contributed by atoms with Gasteiger partial charge in [-0.05, 0) is 138 Å². The largest absolute Gasteiger partial charge is 0.332 e. The van der Waals surface area contributed by atoms with Crippen LogP contribution in [-0.2, 0) is 0 Å². The monoisotopic (exact) mass is 866 g/mol. The van der Waals surface area contributed by atoms with Gasteiger partial charge in [0.25, 0.3) is 0 Å². The van der Waals surface area contributed by atoms with Crippen molar-refractivity contribution in [2.75, 3.05) is 4.90 Å². The number of para-hydroxylation sites is 2. The average Bonchev–Trinajstić information content (AvgIpc) is 3.75. The number of fused-ring (bicyclic) bond motifs is 7. The summed E-state index contributed by atoms with van der Waals surface area (Å²) in [6.45, 7) is 0. The van der Waals surface area contributed by atoms with Gasteiger partial charge in [-0.3, -0.25) is 0 Å². The highest BCUT2D eigenvalue weighted by atomic mass is 15.1. The summed E-state index contributed by atoms with van der Waals surface area (Å²) in [5.74, 6) is 0. The highest BCUT2D eigenvalue weighted by molar-refractivity contribution is 6.15. The summed E-state index contributed by atoms with van der Waals surface area (Å²) in [6.07, 6.45) is 7.84. The molecule has 0 radical (unpaired) electrons. The van der Waals surface area contributed by atoms with E-state index in [1.165, 1.54) is 98.6 Å². The van der Waals surface area contributed by atoms with Crippen molar-refractivity contribution in [1.29, 1.82) is 0 Å². The molecule has 1 aliphatic rings. The van der Waals surface area contributed by atoms with E-state index in [2.05, 4.69) is 270 Å². The van der Waals surface area contributed by atoms with Gasteiger partial charge in [-0.2, -0.15) is 0 Å². The lowest BCUT2D eigenvalue weighted by Gasteiger charge is -2.30. The number of aromatic nitrogens is 1. The molecular formula is C66H46N2. The second-order valence-corrected chi connectivity index (χ2v) is 17.9. The Bertz CT molecular complexity index is 3870. The van der Waals surface area contributed by atoms with Crippen molar-refractivity contribution in [1.82, 2.24) is 4.57 Å².